The highest BCUT2D eigenvalue weighted by atomic mass is 35.5. The van der Waals surface area contributed by atoms with E-state index in [0.717, 1.165) is 18.4 Å². The molecule has 0 aromatic heterocycles. The van der Waals surface area contributed by atoms with Crippen molar-refractivity contribution in [2.24, 2.45) is 11.7 Å². The Morgan fingerprint density at radius 2 is 1.76 bits per heavy atom. The molecule has 3 amide bonds. The molecule has 0 saturated carbocycles. The van der Waals surface area contributed by atoms with Gasteiger partial charge in [-0.25, -0.2) is 0 Å². The normalized spacial score (nSPS) is 19.4. The highest BCUT2D eigenvalue weighted by molar-refractivity contribution is 6.43. The van der Waals surface area contributed by atoms with Crippen LogP contribution in [0.4, 0.5) is 0 Å². The molecule has 7 N–H and O–H groups in total. The van der Waals surface area contributed by atoms with Crippen LogP contribution in [0.1, 0.15) is 44.6 Å². The van der Waals surface area contributed by atoms with Gasteiger partial charge in [0.2, 0.25) is 17.7 Å². The van der Waals surface area contributed by atoms with Crippen molar-refractivity contribution in [1.82, 2.24) is 20.4 Å². The molecule has 2 heterocycles. The average Bonchev–Trinajstić information content (AvgIpc) is 3.33. The first-order chi connectivity index (χ1) is 17.2. The third kappa shape index (κ3) is 8.62. The molecule has 0 unspecified atom stereocenters. The molecule has 0 spiro atoms. The van der Waals surface area contributed by atoms with Crippen LogP contribution in [-0.4, -0.2) is 88.3 Å². The highest BCUT2D eigenvalue weighted by Crippen LogP contribution is 2.24. The molecule has 2 fully saturated rings. The largest absolute Gasteiger partial charge is 0.475 e. The second-order valence-electron chi connectivity index (χ2n) is 9.71. The Hall–Kier alpha value is -2.83. The summed E-state index contributed by atoms with van der Waals surface area (Å²) in [6.07, 6.45) is 3.23. The summed E-state index contributed by atoms with van der Waals surface area (Å²) in [7, 11) is -1.74. The van der Waals surface area contributed by atoms with Gasteiger partial charge in [0.15, 0.2) is 5.96 Å². The maximum absolute atomic E-state index is 13.4. The Balaban J connectivity index is 0.00000481. The third-order valence-electron chi connectivity index (χ3n) is 7.03. The van der Waals surface area contributed by atoms with Crippen LogP contribution >= 0.6 is 12.4 Å². The predicted octanol–water partition coefficient (Wildman–Crippen LogP) is -0.361. The van der Waals surface area contributed by atoms with Gasteiger partial charge in [-0.15, -0.1) is 12.4 Å². The fourth-order valence-electron chi connectivity index (χ4n) is 5.10. The van der Waals surface area contributed by atoms with Gasteiger partial charge in [0.1, 0.15) is 12.1 Å². The third-order valence-corrected chi connectivity index (χ3v) is 7.03. The van der Waals surface area contributed by atoms with Crippen molar-refractivity contribution < 1.29 is 24.4 Å². The van der Waals surface area contributed by atoms with Gasteiger partial charge >= 0.3 is 7.12 Å². The molecule has 2 aliphatic rings. The van der Waals surface area contributed by atoms with E-state index in [1.165, 1.54) is 11.8 Å². The standard InChI is InChI=1S/C24H37BN6O5.ClH/c1-16(32)28-19(14-17-6-3-2-4-7-17)23(34)31-11-5-8-20(31)22(33)29-21(25(35)36)15-18-9-12-30(13-10-18)24(26)27;/h2-4,6-7,18-21,35-36H,5,8-15H2,1H3,(H3,26,27)(H,28,32)(H,29,33);1H/t19-,20+,21+;/m1./s1. The molecule has 11 nitrogen and oxygen atoms in total. The highest BCUT2D eigenvalue weighted by Gasteiger charge is 2.39. The zero-order valence-electron chi connectivity index (χ0n) is 21.1. The van der Waals surface area contributed by atoms with Crippen LogP contribution in [0.25, 0.3) is 0 Å². The fourth-order valence-corrected chi connectivity index (χ4v) is 5.10. The Kier molecular flexibility index (Phi) is 11.7. The van der Waals surface area contributed by atoms with E-state index >= 15 is 0 Å². The summed E-state index contributed by atoms with van der Waals surface area (Å²) < 4.78 is 0. The molecule has 13 heteroatoms. The van der Waals surface area contributed by atoms with Crippen LogP contribution in [0.5, 0.6) is 0 Å². The molecule has 2 saturated heterocycles. The van der Waals surface area contributed by atoms with Gasteiger partial charge in [-0.1, -0.05) is 30.3 Å². The van der Waals surface area contributed by atoms with Gasteiger partial charge < -0.3 is 36.2 Å². The Labute approximate surface area is 224 Å². The lowest BCUT2D eigenvalue weighted by atomic mass is 9.72. The van der Waals surface area contributed by atoms with Crippen LogP contribution in [0.3, 0.4) is 0 Å². The van der Waals surface area contributed by atoms with Crippen LogP contribution in [0, 0.1) is 11.3 Å². The summed E-state index contributed by atoms with van der Waals surface area (Å²) in [6.45, 7) is 2.96. The van der Waals surface area contributed by atoms with Gasteiger partial charge in [-0.3, -0.25) is 19.8 Å². The number of nitrogens with two attached hydrogens (primary N) is 1. The molecule has 0 radical (unpaired) electrons. The van der Waals surface area contributed by atoms with E-state index in [1.807, 2.05) is 30.3 Å². The van der Waals surface area contributed by atoms with Crippen LogP contribution < -0.4 is 16.4 Å². The minimum Gasteiger partial charge on any atom is -0.426 e. The van der Waals surface area contributed by atoms with E-state index in [-0.39, 0.29) is 36.1 Å². The van der Waals surface area contributed by atoms with Crippen molar-refractivity contribution in [2.45, 2.75) is 63.5 Å². The predicted molar refractivity (Wildman–Crippen MR) is 143 cm³/mol. The van der Waals surface area contributed by atoms with E-state index in [1.54, 1.807) is 4.90 Å². The SMILES string of the molecule is CC(=O)N[C@H](Cc1ccccc1)C(=O)N1CCC[C@H]1C(=O)N[C@@H](CC1CCN(C(=N)N)CC1)B(O)O.Cl. The van der Waals surface area contributed by atoms with E-state index < -0.39 is 31.1 Å². The number of halogens is 1. The molecule has 37 heavy (non-hydrogen) atoms. The smallest absolute Gasteiger partial charge is 0.426 e. The topological polar surface area (TPSA) is 172 Å². The zero-order valence-corrected chi connectivity index (χ0v) is 22.0. The summed E-state index contributed by atoms with van der Waals surface area (Å²) in [5.74, 6) is -1.80. The van der Waals surface area contributed by atoms with E-state index in [0.29, 0.717) is 45.3 Å². The van der Waals surface area contributed by atoms with Gasteiger partial charge in [0.05, 0.1) is 5.94 Å². The van der Waals surface area contributed by atoms with E-state index in [4.69, 9.17) is 11.1 Å². The number of hydrogen-bond acceptors (Lipinski definition) is 6. The number of carbonyl (C=O) groups excluding carboxylic acids is 3. The summed E-state index contributed by atoms with van der Waals surface area (Å²) in [5.41, 5.74) is 6.44. The number of likely N-dealkylation sites (tertiary alicyclic amines) is 2. The number of rotatable bonds is 9. The van der Waals surface area contributed by atoms with Crippen molar-refractivity contribution in [3.63, 3.8) is 0 Å². The maximum Gasteiger partial charge on any atom is 0.475 e. The molecular weight excluding hydrogens is 499 g/mol. The summed E-state index contributed by atoms with van der Waals surface area (Å²) in [6, 6.07) is 7.81. The molecule has 204 valence electrons. The van der Waals surface area contributed by atoms with Crippen molar-refractivity contribution in [3.8, 4) is 0 Å². The molecule has 1 aromatic carbocycles. The quantitative estimate of drug-likeness (QED) is 0.142. The summed E-state index contributed by atoms with van der Waals surface area (Å²) in [4.78, 5) is 41.7. The molecule has 1 aromatic rings. The zero-order chi connectivity index (χ0) is 26.2. The van der Waals surface area contributed by atoms with Gasteiger partial charge in [0, 0.05) is 33.0 Å². The number of amides is 3. The summed E-state index contributed by atoms with van der Waals surface area (Å²) in [5, 5.41) is 32.9. The molecule has 3 atom stereocenters. The number of benzene rings is 1. The van der Waals surface area contributed by atoms with Crippen molar-refractivity contribution in [2.75, 3.05) is 19.6 Å². The second kappa shape index (κ2) is 14.2. The van der Waals surface area contributed by atoms with Gasteiger partial charge in [-0.05, 0) is 43.6 Å². The van der Waals surface area contributed by atoms with Crippen molar-refractivity contribution in [1.29, 1.82) is 5.41 Å². The van der Waals surface area contributed by atoms with Crippen molar-refractivity contribution in [3.05, 3.63) is 35.9 Å². The molecule has 3 rings (SSSR count). The minimum atomic E-state index is -1.74. The first kappa shape index (κ1) is 30.4. The fraction of sp³-hybridized carbons (Fsp3) is 0.583. The number of hydrogen-bond donors (Lipinski definition) is 6. The number of nitrogens with zero attached hydrogens (tertiary/aromatic N) is 2. The molecule has 0 bridgehead atoms. The summed E-state index contributed by atoms with van der Waals surface area (Å²) >= 11 is 0. The number of piperidine rings is 1. The van der Waals surface area contributed by atoms with Gasteiger partial charge in [0.25, 0.3) is 0 Å². The van der Waals surface area contributed by atoms with Crippen molar-refractivity contribution >= 4 is 43.2 Å². The lowest BCUT2D eigenvalue weighted by Crippen LogP contribution is -2.57. The van der Waals surface area contributed by atoms with Crippen LogP contribution in [-0.2, 0) is 20.8 Å². The van der Waals surface area contributed by atoms with Crippen LogP contribution in [0.2, 0.25) is 0 Å². The average molecular weight is 537 g/mol. The van der Waals surface area contributed by atoms with E-state index in [2.05, 4.69) is 10.6 Å². The first-order valence-electron chi connectivity index (χ1n) is 12.5. The Morgan fingerprint density at radius 1 is 1.11 bits per heavy atom. The minimum absolute atomic E-state index is 0. The number of guanidine groups is 1. The number of nitrogens with one attached hydrogen (secondary N) is 3. The van der Waals surface area contributed by atoms with E-state index in [9.17, 15) is 24.4 Å². The Bertz CT molecular complexity index is 931. The lowest BCUT2D eigenvalue weighted by molar-refractivity contribution is -0.141. The maximum atomic E-state index is 13.4. The molecule has 0 aliphatic carbocycles. The first-order valence-corrected chi connectivity index (χ1v) is 12.5. The molecule has 2 aliphatic heterocycles. The number of carbonyl (C=O) groups is 3. The van der Waals surface area contributed by atoms with Gasteiger partial charge in [-0.2, -0.15) is 0 Å². The van der Waals surface area contributed by atoms with Crippen LogP contribution in [0.15, 0.2) is 30.3 Å². The monoisotopic (exact) mass is 536 g/mol. The lowest BCUT2D eigenvalue weighted by Gasteiger charge is -2.34. The molecular formula is C24H38BClN6O5. The second-order valence-corrected chi connectivity index (χ2v) is 9.71. The Morgan fingerprint density at radius 3 is 2.32 bits per heavy atom.